The van der Waals surface area contributed by atoms with Crippen LogP contribution in [-0.2, 0) is 4.79 Å². The molecule has 6 nitrogen and oxygen atoms in total. The summed E-state index contributed by atoms with van der Waals surface area (Å²) in [5.74, 6) is 0.971. The van der Waals surface area contributed by atoms with E-state index in [1.54, 1.807) is 0 Å². The van der Waals surface area contributed by atoms with Crippen LogP contribution in [0.3, 0.4) is 0 Å². The lowest BCUT2D eigenvalue weighted by Crippen LogP contribution is -2.14. The van der Waals surface area contributed by atoms with Crippen molar-refractivity contribution < 1.29 is 4.79 Å². The first-order chi connectivity index (χ1) is 12.7. The highest BCUT2D eigenvalue weighted by Crippen LogP contribution is 2.36. The summed E-state index contributed by atoms with van der Waals surface area (Å²) in [6.45, 7) is 2.07. The molecule has 1 aliphatic carbocycles. The molecular formula is C20H21N5O. The second-order valence-electron chi connectivity index (χ2n) is 6.82. The standard InChI is InChI=1S/C20H21N5O/c1-14(15-5-3-2-4-6-15)13-19(26)21-17-9-7-16(8-10-17)20-22-23-24-25(20)18-11-12-18/h2-10,14,18H,11-13H2,1H3,(H,21,26). The molecule has 26 heavy (non-hydrogen) atoms. The third-order valence-electron chi connectivity index (χ3n) is 4.67. The van der Waals surface area contributed by atoms with Gasteiger partial charge in [0.25, 0.3) is 0 Å². The van der Waals surface area contributed by atoms with Crippen LogP contribution in [0.5, 0.6) is 0 Å². The lowest BCUT2D eigenvalue weighted by molar-refractivity contribution is -0.116. The Bertz CT molecular complexity index is 884. The van der Waals surface area contributed by atoms with Gasteiger partial charge >= 0.3 is 0 Å². The Morgan fingerprint density at radius 1 is 1.15 bits per heavy atom. The van der Waals surface area contributed by atoms with Crippen LogP contribution in [0.2, 0.25) is 0 Å². The summed E-state index contributed by atoms with van der Waals surface area (Å²) in [7, 11) is 0. The summed E-state index contributed by atoms with van der Waals surface area (Å²) >= 11 is 0. The molecule has 132 valence electrons. The molecule has 0 aliphatic heterocycles. The van der Waals surface area contributed by atoms with Crippen molar-refractivity contribution >= 4 is 11.6 Å². The summed E-state index contributed by atoms with van der Waals surface area (Å²) in [4.78, 5) is 12.3. The van der Waals surface area contributed by atoms with Gasteiger partial charge in [0.1, 0.15) is 0 Å². The fourth-order valence-electron chi connectivity index (χ4n) is 3.04. The average molecular weight is 347 g/mol. The molecule has 1 unspecified atom stereocenters. The van der Waals surface area contributed by atoms with Gasteiger partial charge in [-0.3, -0.25) is 4.79 Å². The molecule has 0 radical (unpaired) electrons. The van der Waals surface area contributed by atoms with Crippen molar-refractivity contribution in [2.45, 2.75) is 38.1 Å². The zero-order chi connectivity index (χ0) is 17.9. The van der Waals surface area contributed by atoms with E-state index in [9.17, 15) is 4.79 Å². The fourth-order valence-corrected chi connectivity index (χ4v) is 3.04. The number of nitrogens with zero attached hydrogens (tertiary/aromatic N) is 4. The van der Waals surface area contributed by atoms with Crippen molar-refractivity contribution in [3.05, 3.63) is 60.2 Å². The molecule has 0 saturated heterocycles. The number of tetrazole rings is 1. The van der Waals surface area contributed by atoms with Gasteiger partial charge in [0.05, 0.1) is 6.04 Å². The maximum atomic E-state index is 12.3. The van der Waals surface area contributed by atoms with Gasteiger partial charge in [-0.05, 0) is 59.0 Å². The van der Waals surface area contributed by atoms with E-state index in [1.165, 1.54) is 5.56 Å². The molecule has 0 bridgehead atoms. The maximum Gasteiger partial charge on any atom is 0.224 e. The normalized spacial score (nSPS) is 14.8. The molecule has 1 heterocycles. The molecule has 1 aliphatic rings. The van der Waals surface area contributed by atoms with Crippen LogP contribution in [0.25, 0.3) is 11.4 Å². The van der Waals surface area contributed by atoms with Crippen LogP contribution in [0.1, 0.15) is 43.7 Å². The van der Waals surface area contributed by atoms with Crippen molar-refractivity contribution in [2.24, 2.45) is 0 Å². The smallest absolute Gasteiger partial charge is 0.224 e. The highest BCUT2D eigenvalue weighted by atomic mass is 16.1. The van der Waals surface area contributed by atoms with Gasteiger partial charge in [-0.1, -0.05) is 37.3 Å². The van der Waals surface area contributed by atoms with E-state index in [-0.39, 0.29) is 11.8 Å². The fraction of sp³-hybridized carbons (Fsp3) is 0.300. The van der Waals surface area contributed by atoms with Crippen molar-refractivity contribution in [1.82, 2.24) is 20.2 Å². The van der Waals surface area contributed by atoms with Gasteiger partial charge in [0.2, 0.25) is 5.91 Å². The van der Waals surface area contributed by atoms with E-state index in [4.69, 9.17) is 0 Å². The van der Waals surface area contributed by atoms with Crippen LogP contribution in [0.4, 0.5) is 5.69 Å². The zero-order valence-corrected chi connectivity index (χ0v) is 14.7. The Labute approximate surface area is 152 Å². The molecule has 6 heteroatoms. The minimum atomic E-state index is 0.0110. The predicted molar refractivity (Wildman–Crippen MR) is 99.6 cm³/mol. The second-order valence-corrected chi connectivity index (χ2v) is 6.82. The van der Waals surface area contributed by atoms with E-state index >= 15 is 0 Å². The SMILES string of the molecule is CC(CC(=O)Nc1ccc(-c2nnnn2C2CC2)cc1)c1ccccc1. The predicted octanol–water partition coefficient (Wildman–Crippen LogP) is 3.81. The van der Waals surface area contributed by atoms with Gasteiger partial charge in [0, 0.05) is 17.7 Å². The van der Waals surface area contributed by atoms with Crippen molar-refractivity contribution in [1.29, 1.82) is 0 Å². The Morgan fingerprint density at radius 3 is 2.58 bits per heavy atom. The first kappa shape index (κ1) is 16.4. The molecule has 1 atom stereocenters. The van der Waals surface area contributed by atoms with Crippen LogP contribution in [0, 0.1) is 0 Å². The van der Waals surface area contributed by atoms with Gasteiger partial charge < -0.3 is 5.32 Å². The van der Waals surface area contributed by atoms with Gasteiger partial charge in [0.15, 0.2) is 5.82 Å². The van der Waals surface area contributed by atoms with Crippen LogP contribution >= 0.6 is 0 Å². The Morgan fingerprint density at radius 2 is 1.88 bits per heavy atom. The molecule has 2 aromatic carbocycles. The summed E-state index contributed by atoms with van der Waals surface area (Å²) in [5, 5.41) is 15.0. The van der Waals surface area contributed by atoms with Crippen LogP contribution < -0.4 is 5.32 Å². The average Bonchev–Trinajstić information content (AvgIpc) is 3.40. The Hall–Kier alpha value is -3.02. The molecule has 1 fully saturated rings. The number of rotatable bonds is 6. The van der Waals surface area contributed by atoms with E-state index in [0.717, 1.165) is 29.9 Å². The number of hydrogen-bond donors (Lipinski definition) is 1. The number of anilines is 1. The van der Waals surface area contributed by atoms with Crippen LogP contribution in [-0.4, -0.2) is 26.1 Å². The van der Waals surface area contributed by atoms with Crippen molar-refractivity contribution in [2.75, 3.05) is 5.32 Å². The van der Waals surface area contributed by atoms with Crippen LogP contribution in [0.15, 0.2) is 54.6 Å². The van der Waals surface area contributed by atoms with E-state index in [1.807, 2.05) is 47.1 Å². The lowest BCUT2D eigenvalue weighted by Gasteiger charge is -2.12. The lowest BCUT2D eigenvalue weighted by atomic mass is 9.97. The minimum absolute atomic E-state index is 0.0110. The number of benzene rings is 2. The maximum absolute atomic E-state index is 12.3. The molecule has 1 saturated carbocycles. The number of amides is 1. The molecule has 0 spiro atoms. The summed E-state index contributed by atoms with van der Waals surface area (Å²) in [6, 6.07) is 18.2. The van der Waals surface area contributed by atoms with Gasteiger partial charge in [-0.15, -0.1) is 5.10 Å². The molecule has 1 amide bonds. The van der Waals surface area contributed by atoms with E-state index < -0.39 is 0 Å². The molecule has 1 aromatic heterocycles. The largest absolute Gasteiger partial charge is 0.326 e. The molecule has 4 rings (SSSR count). The monoisotopic (exact) mass is 347 g/mol. The van der Waals surface area contributed by atoms with Gasteiger partial charge in [-0.25, -0.2) is 4.68 Å². The number of carbonyl (C=O) groups excluding carboxylic acids is 1. The first-order valence-corrected chi connectivity index (χ1v) is 8.94. The molecule has 1 N–H and O–H groups in total. The molecular weight excluding hydrogens is 326 g/mol. The summed E-state index contributed by atoms with van der Waals surface area (Å²) in [6.07, 6.45) is 2.71. The quantitative estimate of drug-likeness (QED) is 0.736. The van der Waals surface area contributed by atoms with Crippen molar-refractivity contribution in [3.63, 3.8) is 0 Å². The number of aromatic nitrogens is 4. The minimum Gasteiger partial charge on any atom is -0.326 e. The summed E-state index contributed by atoms with van der Waals surface area (Å²) in [5.41, 5.74) is 2.91. The van der Waals surface area contributed by atoms with E-state index in [2.05, 4.69) is 39.9 Å². The second kappa shape index (κ2) is 7.07. The summed E-state index contributed by atoms with van der Waals surface area (Å²) < 4.78 is 1.88. The highest BCUT2D eigenvalue weighted by molar-refractivity contribution is 5.91. The zero-order valence-electron chi connectivity index (χ0n) is 14.7. The number of hydrogen-bond acceptors (Lipinski definition) is 4. The van der Waals surface area contributed by atoms with Gasteiger partial charge in [-0.2, -0.15) is 0 Å². The number of carbonyl (C=O) groups is 1. The first-order valence-electron chi connectivity index (χ1n) is 8.94. The number of nitrogens with one attached hydrogen (secondary N) is 1. The highest BCUT2D eigenvalue weighted by Gasteiger charge is 2.28. The van der Waals surface area contributed by atoms with E-state index in [0.29, 0.717) is 12.5 Å². The van der Waals surface area contributed by atoms with Crippen molar-refractivity contribution in [3.8, 4) is 11.4 Å². The third kappa shape index (κ3) is 3.64. The molecule has 3 aromatic rings. The topological polar surface area (TPSA) is 72.7 Å². The third-order valence-corrected chi connectivity index (χ3v) is 4.67. The Balaban J connectivity index is 1.39. The Kier molecular flexibility index (Phi) is 4.48.